The molecule has 0 aliphatic carbocycles. The quantitative estimate of drug-likeness (QED) is 0.303. The van der Waals surface area contributed by atoms with E-state index in [0.717, 1.165) is 0 Å². The summed E-state index contributed by atoms with van der Waals surface area (Å²) in [5, 5.41) is 12.0. The van der Waals surface area contributed by atoms with Crippen LogP contribution in [0.1, 0.15) is 33.6 Å². The van der Waals surface area contributed by atoms with Crippen molar-refractivity contribution in [1.29, 1.82) is 0 Å². The van der Waals surface area contributed by atoms with Gasteiger partial charge >= 0.3 is 0 Å². The number of amidine groups is 1. The standard InChI is InChI=1S/C11H24N4O3S2/c1-10(2,3)14-20(17,18)15-7-5-11(19-4,6-8-15)9(12)13-16/h14,16H,5-8H2,1-4H3,(H2,12,13). The summed E-state index contributed by atoms with van der Waals surface area (Å²) in [5.74, 6) is 0.158. The predicted molar refractivity (Wildman–Crippen MR) is 82.3 cm³/mol. The second-order valence-corrected chi connectivity index (χ2v) is 8.80. The van der Waals surface area contributed by atoms with E-state index < -0.39 is 20.5 Å². The number of thioether (sulfide) groups is 1. The number of hydrogen-bond donors (Lipinski definition) is 3. The van der Waals surface area contributed by atoms with E-state index >= 15 is 0 Å². The van der Waals surface area contributed by atoms with Crippen molar-refractivity contribution in [3.63, 3.8) is 0 Å². The van der Waals surface area contributed by atoms with E-state index in [0.29, 0.717) is 25.9 Å². The maximum absolute atomic E-state index is 12.2. The van der Waals surface area contributed by atoms with E-state index in [1.165, 1.54) is 16.1 Å². The van der Waals surface area contributed by atoms with E-state index in [-0.39, 0.29) is 5.84 Å². The van der Waals surface area contributed by atoms with Crippen molar-refractivity contribution in [2.45, 2.75) is 43.9 Å². The molecule has 0 aromatic carbocycles. The molecule has 0 spiro atoms. The Hall–Kier alpha value is -0.510. The van der Waals surface area contributed by atoms with Gasteiger partial charge in [0.15, 0.2) is 5.84 Å². The van der Waals surface area contributed by atoms with Gasteiger partial charge in [-0.15, -0.1) is 0 Å². The molecule has 0 unspecified atom stereocenters. The average molecular weight is 324 g/mol. The summed E-state index contributed by atoms with van der Waals surface area (Å²) < 4.78 is 28.0. The van der Waals surface area contributed by atoms with E-state index in [1.807, 2.05) is 6.26 Å². The molecule has 1 fully saturated rings. The van der Waals surface area contributed by atoms with Crippen molar-refractivity contribution in [2.75, 3.05) is 19.3 Å². The molecule has 0 amide bonds. The Balaban J connectivity index is 2.80. The third-order valence-electron chi connectivity index (χ3n) is 3.27. The highest BCUT2D eigenvalue weighted by molar-refractivity contribution is 8.00. The molecule has 20 heavy (non-hydrogen) atoms. The van der Waals surface area contributed by atoms with Crippen molar-refractivity contribution in [3.05, 3.63) is 0 Å². The van der Waals surface area contributed by atoms with Crippen LogP contribution in [0.4, 0.5) is 0 Å². The number of nitrogens with zero attached hydrogens (tertiary/aromatic N) is 2. The largest absolute Gasteiger partial charge is 0.409 e. The van der Waals surface area contributed by atoms with Gasteiger partial charge in [0.25, 0.3) is 10.2 Å². The zero-order chi connectivity index (χ0) is 15.6. The van der Waals surface area contributed by atoms with E-state index in [2.05, 4.69) is 9.88 Å². The Kier molecular flexibility index (Phi) is 5.34. The molecule has 4 N–H and O–H groups in total. The number of oxime groups is 1. The molecule has 0 radical (unpaired) electrons. The first-order valence-corrected chi connectivity index (χ1v) is 9.05. The van der Waals surface area contributed by atoms with Crippen LogP contribution in [0.3, 0.4) is 0 Å². The maximum Gasteiger partial charge on any atom is 0.279 e. The second kappa shape index (κ2) is 6.08. The van der Waals surface area contributed by atoms with Crippen LogP contribution in [0, 0.1) is 0 Å². The van der Waals surface area contributed by atoms with Crippen molar-refractivity contribution in [2.24, 2.45) is 10.9 Å². The Bertz CT molecular complexity index is 463. The highest BCUT2D eigenvalue weighted by Gasteiger charge is 2.41. The second-order valence-electron chi connectivity index (χ2n) is 5.94. The third kappa shape index (κ3) is 4.00. The summed E-state index contributed by atoms with van der Waals surface area (Å²) >= 11 is 1.49. The molecule has 1 aliphatic rings. The van der Waals surface area contributed by atoms with Gasteiger partial charge in [0.2, 0.25) is 0 Å². The van der Waals surface area contributed by atoms with Crippen molar-refractivity contribution < 1.29 is 13.6 Å². The molecular weight excluding hydrogens is 300 g/mol. The number of hydrogen-bond acceptors (Lipinski definition) is 5. The number of nitrogens with two attached hydrogens (primary N) is 1. The molecule has 7 nitrogen and oxygen atoms in total. The van der Waals surface area contributed by atoms with Crippen molar-refractivity contribution in [3.8, 4) is 0 Å². The summed E-state index contributed by atoms with van der Waals surface area (Å²) in [4.78, 5) is 0. The van der Waals surface area contributed by atoms with Gasteiger partial charge < -0.3 is 10.9 Å². The summed E-state index contributed by atoms with van der Waals surface area (Å²) in [6.07, 6.45) is 2.93. The average Bonchev–Trinajstić information content (AvgIpc) is 2.35. The highest BCUT2D eigenvalue weighted by atomic mass is 32.2. The van der Waals surface area contributed by atoms with Crippen LogP contribution < -0.4 is 10.5 Å². The molecular formula is C11H24N4O3S2. The summed E-state index contributed by atoms with van der Waals surface area (Å²) in [6.45, 7) is 6.11. The third-order valence-corrected chi connectivity index (χ3v) is 6.58. The fourth-order valence-electron chi connectivity index (χ4n) is 2.20. The molecule has 1 saturated heterocycles. The zero-order valence-electron chi connectivity index (χ0n) is 12.4. The smallest absolute Gasteiger partial charge is 0.279 e. The Labute approximate surface area is 125 Å². The lowest BCUT2D eigenvalue weighted by molar-refractivity contribution is 0.297. The summed E-state index contributed by atoms with van der Waals surface area (Å²) in [7, 11) is -3.50. The summed E-state index contributed by atoms with van der Waals surface area (Å²) in [6, 6.07) is 0. The van der Waals surface area contributed by atoms with Gasteiger partial charge in [-0.3, -0.25) is 0 Å². The van der Waals surface area contributed by atoms with Crippen molar-refractivity contribution in [1.82, 2.24) is 9.03 Å². The lowest BCUT2D eigenvalue weighted by Gasteiger charge is -2.39. The minimum absolute atomic E-state index is 0.158. The predicted octanol–water partition coefficient (Wildman–Crippen LogP) is 0.563. The first-order valence-electron chi connectivity index (χ1n) is 6.38. The van der Waals surface area contributed by atoms with E-state index in [4.69, 9.17) is 10.9 Å². The lowest BCUT2D eigenvalue weighted by atomic mass is 9.96. The SMILES string of the molecule is CSC1(C(N)=NO)CCN(S(=O)(=O)NC(C)(C)C)CC1. The Morgan fingerprint density at radius 3 is 2.25 bits per heavy atom. The van der Waals surface area contributed by atoms with Crippen LogP contribution in [0.15, 0.2) is 5.16 Å². The highest BCUT2D eigenvalue weighted by Crippen LogP contribution is 2.35. The molecule has 0 aromatic heterocycles. The first-order chi connectivity index (χ1) is 9.06. The Morgan fingerprint density at radius 2 is 1.90 bits per heavy atom. The summed E-state index contributed by atoms with van der Waals surface area (Å²) in [5.41, 5.74) is 5.23. The maximum atomic E-state index is 12.2. The fraction of sp³-hybridized carbons (Fsp3) is 0.909. The van der Waals surface area contributed by atoms with Gasteiger partial charge in [-0.1, -0.05) is 5.16 Å². The Morgan fingerprint density at radius 1 is 1.40 bits per heavy atom. The van der Waals surface area contributed by atoms with Crippen LogP contribution in [0.2, 0.25) is 0 Å². The van der Waals surface area contributed by atoms with E-state index in [1.54, 1.807) is 20.8 Å². The molecule has 1 aliphatic heterocycles. The van der Waals surface area contributed by atoms with Crippen LogP contribution in [-0.2, 0) is 10.2 Å². The van der Waals surface area contributed by atoms with Crippen molar-refractivity contribution >= 4 is 27.8 Å². The normalized spacial score (nSPS) is 21.9. The molecule has 0 aromatic rings. The van der Waals surface area contributed by atoms with Gasteiger partial charge in [0.1, 0.15) is 0 Å². The number of piperidine rings is 1. The molecule has 1 heterocycles. The molecule has 118 valence electrons. The van der Waals surface area contributed by atoms with Gasteiger partial charge in [-0.2, -0.15) is 29.2 Å². The number of rotatable bonds is 4. The lowest BCUT2D eigenvalue weighted by Crippen LogP contribution is -2.55. The molecule has 0 atom stereocenters. The minimum Gasteiger partial charge on any atom is -0.409 e. The van der Waals surface area contributed by atoms with Crippen LogP contribution in [-0.4, -0.2) is 53.4 Å². The van der Waals surface area contributed by atoms with Crippen LogP contribution in [0.25, 0.3) is 0 Å². The molecule has 9 heteroatoms. The van der Waals surface area contributed by atoms with E-state index in [9.17, 15) is 8.42 Å². The van der Waals surface area contributed by atoms with Crippen LogP contribution in [0.5, 0.6) is 0 Å². The molecule has 1 rings (SSSR count). The topological polar surface area (TPSA) is 108 Å². The van der Waals surface area contributed by atoms with Gasteiger partial charge in [0.05, 0.1) is 4.75 Å². The minimum atomic E-state index is -3.50. The molecule has 0 bridgehead atoms. The first kappa shape index (κ1) is 17.5. The number of nitrogens with one attached hydrogen (secondary N) is 1. The van der Waals surface area contributed by atoms with Gasteiger partial charge in [0, 0.05) is 18.6 Å². The fourth-order valence-corrected chi connectivity index (χ4v) is 4.60. The van der Waals surface area contributed by atoms with Gasteiger partial charge in [-0.25, -0.2) is 0 Å². The monoisotopic (exact) mass is 324 g/mol. The molecule has 0 saturated carbocycles. The van der Waals surface area contributed by atoms with Gasteiger partial charge in [-0.05, 0) is 39.9 Å². The van der Waals surface area contributed by atoms with Crippen LogP contribution >= 0.6 is 11.8 Å². The zero-order valence-corrected chi connectivity index (χ0v) is 14.0.